The van der Waals surface area contributed by atoms with Crippen LogP contribution in [0.4, 0.5) is 0 Å². The first-order valence-corrected chi connectivity index (χ1v) is 5.40. The molecular weight excluding hydrogens is 250 g/mol. The van der Waals surface area contributed by atoms with E-state index in [2.05, 4.69) is 0 Å². The van der Waals surface area contributed by atoms with E-state index in [1.54, 1.807) is 12.1 Å². The summed E-state index contributed by atoms with van der Waals surface area (Å²) in [6.07, 6.45) is 1.29. The molecule has 19 heavy (non-hydrogen) atoms. The van der Waals surface area contributed by atoms with Crippen molar-refractivity contribution >= 4 is 11.9 Å². The van der Waals surface area contributed by atoms with Gasteiger partial charge in [-0.15, -0.1) is 0 Å². The van der Waals surface area contributed by atoms with Crippen molar-refractivity contribution in [2.45, 2.75) is 6.61 Å². The van der Waals surface area contributed by atoms with E-state index in [4.69, 9.17) is 20.0 Å². The van der Waals surface area contributed by atoms with Gasteiger partial charge in [0.2, 0.25) is 11.7 Å². The molecule has 6 nitrogen and oxygen atoms in total. The van der Waals surface area contributed by atoms with Crippen molar-refractivity contribution in [3.8, 4) is 5.75 Å². The predicted octanol–water partition coefficient (Wildman–Crippen LogP) is 1.66. The van der Waals surface area contributed by atoms with Gasteiger partial charge in [0, 0.05) is 11.1 Å². The molecule has 0 saturated heterocycles. The van der Waals surface area contributed by atoms with Gasteiger partial charge in [-0.25, -0.2) is 4.79 Å². The third-order valence-corrected chi connectivity index (χ3v) is 2.47. The minimum atomic E-state index is -1.15. The van der Waals surface area contributed by atoms with Gasteiger partial charge < -0.3 is 20.0 Å². The second kappa shape index (κ2) is 5.26. The maximum Gasteiger partial charge on any atom is 0.372 e. The topological polar surface area (TPSA) is 103 Å². The number of amides is 1. The molecule has 0 radical (unpaired) electrons. The van der Waals surface area contributed by atoms with Crippen LogP contribution in [0.5, 0.6) is 5.75 Å². The Hall–Kier alpha value is -2.76. The molecule has 0 aliphatic carbocycles. The van der Waals surface area contributed by atoms with Crippen LogP contribution in [-0.4, -0.2) is 17.0 Å². The lowest BCUT2D eigenvalue weighted by atomic mass is 10.2. The zero-order chi connectivity index (χ0) is 13.8. The molecule has 6 heteroatoms. The number of carboxylic acid groups (broad SMARTS) is 1. The average Bonchev–Trinajstić information content (AvgIpc) is 2.85. The smallest absolute Gasteiger partial charge is 0.372 e. The fourth-order valence-electron chi connectivity index (χ4n) is 1.51. The van der Waals surface area contributed by atoms with Crippen LogP contribution in [0.15, 0.2) is 41.0 Å². The summed E-state index contributed by atoms with van der Waals surface area (Å²) in [5.41, 5.74) is 5.92. The van der Waals surface area contributed by atoms with Crippen LogP contribution in [-0.2, 0) is 6.61 Å². The molecule has 2 rings (SSSR count). The van der Waals surface area contributed by atoms with Gasteiger partial charge in [0.05, 0.1) is 6.26 Å². The van der Waals surface area contributed by atoms with Crippen LogP contribution in [0.2, 0.25) is 0 Å². The fraction of sp³-hybridized carbons (Fsp3) is 0.0769. The number of benzene rings is 1. The highest BCUT2D eigenvalue weighted by atomic mass is 16.5. The number of hydrogen-bond acceptors (Lipinski definition) is 4. The van der Waals surface area contributed by atoms with Crippen molar-refractivity contribution in [3.63, 3.8) is 0 Å². The lowest BCUT2D eigenvalue weighted by molar-refractivity contribution is 0.0658. The molecule has 0 unspecified atom stereocenters. The summed E-state index contributed by atoms with van der Waals surface area (Å²) in [6, 6.07) is 7.76. The SMILES string of the molecule is NC(=O)c1ccc(OCc2ccoc2C(=O)O)cc1. The van der Waals surface area contributed by atoms with E-state index in [1.165, 1.54) is 24.5 Å². The molecule has 1 amide bonds. The summed E-state index contributed by atoms with van der Waals surface area (Å²) in [5, 5.41) is 8.85. The van der Waals surface area contributed by atoms with Gasteiger partial charge in [0.15, 0.2) is 0 Å². The Bertz CT molecular complexity index is 600. The number of furan rings is 1. The van der Waals surface area contributed by atoms with Gasteiger partial charge >= 0.3 is 5.97 Å². The first kappa shape index (κ1) is 12.7. The minimum absolute atomic E-state index is 0.0635. The summed E-state index contributed by atoms with van der Waals surface area (Å²) in [6.45, 7) is 0.0635. The van der Waals surface area contributed by atoms with E-state index < -0.39 is 11.9 Å². The van der Waals surface area contributed by atoms with Crippen molar-refractivity contribution in [1.82, 2.24) is 0 Å². The first-order valence-electron chi connectivity index (χ1n) is 5.40. The van der Waals surface area contributed by atoms with Gasteiger partial charge in [-0.05, 0) is 30.3 Å². The number of carboxylic acids is 1. The molecule has 0 saturated carbocycles. The Balaban J connectivity index is 2.04. The molecule has 0 fully saturated rings. The highest BCUT2D eigenvalue weighted by Crippen LogP contribution is 2.16. The van der Waals surface area contributed by atoms with Crippen LogP contribution in [0.3, 0.4) is 0 Å². The van der Waals surface area contributed by atoms with E-state index in [-0.39, 0.29) is 12.4 Å². The average molecular weight is 261 g/mol. The summed E-state index contributed by atoms with van der Waals surface area (Å²) < 4.78 is 10.2. The monoisotopic (exact) mass is 261 g/mol. The molecule has 1 aromatic heterocycles. The Morgan fingerprint density at radius 2 is 1.89 bits per heavy atom. The summed E-state index contributed by atoms with van der Waals surface area (Å²) in [5.74, 6) is -1.31. The highest BCUT2D eigenvalue weighted by Gasteiger charge is 2.14. The van der Waals surface area contributed by atoms with Crippen molar-refractivity contribution < 1.29 is 23.8 Å². The molecule has 0 aliphatic heterocycles. The Morgan fingerprint density at radius 3 is 2.47 bits per heavy atom. The highest BCUT2D eigenvalue weighted by molar-refractivity contribution is 5.92. The lowest BCUT2D eigenvalue weighted by Gasteiger charge is -2.05. The molecule has 98 valence electrons. The molecular formula is C13H11NO5. The maximum atomic E-state index is 10.9. The predicted molar refractivity (Wildman–Crippen MR) is 65.0 cm³/mol. The van der Waals surface area contributed by atoms with E-state index in [9.17, 15) is 9.59 Å². The number of hydrogen-bond donors (Lipinski definition) is 2. The zero-order valence-electron chi connectivity index (χ0n) is 9.83. The normalized spacial score (nSPS) is 10.1. The Morgan fingerprint density at radius 1 is 1.21 bits per heavy atom. The third kappa shape index (κ3) is 2.92. The Labute approximate surface area is 108 Å². The van der Waals surface area contributed by atoms with Gasteiger partial charge in [0.1, 0.15) is 12.4 Å². The number of aromatic carboxylic acids is 1. The van der Waals surface area contributed by atoms with E-state index >= 15 is 0 Å². The largest absolute Gasteiger partial charge is 0.489 e. The standard InChI is InChI=1S/C13H11NO5/c14-12(15)8-1-3-10(4-2-8)19-7-9-5-6-18-11(9)13(16)17/h1-6H,7H2,(H2,14,15)(H,16,17). The van der Waals surface area contributed by atoms with E-state index in [1.807, 2.05) is 0 Å². The van der Waals surface area contributed by atoms with Crippen molar-refractivity contribution in [2.75, 3.05) is 0 Å². The van der Waals surface area contributed by atoms with E-state index in [0.717, 1.165) is 0 Å². The molecule has 0 spiro atoms. The van der Waals surface area contributed by atoms with E-state index in [0.29, 0.717) is 16.9 Å². The van der Waals surface area contributed by atoms with Gasteiger partial charge in [0.25, 0.3) is 0 Å². The number of primary amides is 1. The molecule has 1 heterocycles. The quantitative estimate of drug-likeness (QED) is 0.851. The first-order chi connectivity index (χ1) is 9.08. The molecule has 0 atom stereocenters. The maximum absolute atomic E-state index is 10.9. The number of carbonyl (C=O) groups excluding carboxylic acids is 1. The van der Waals surface area contributed by atoms with Crippen LogP contribution in [0.25, 0.3) is 0 Å². The number of carbonyl (C=O) groups is 2. The van der Waals surface area contributed by atoms with Crippen molar-refractivity contribution in [1.29, 1.82) is 0 Å². The summed E-state index contributed by atoms with van der Waals surface area (Å²) in [4.78, 5) is 21.7. The number of ether oxygens (including phenoxy) is 1. The Kier molecular flexibility index (Phi) is 3.51. The second-order valence-electron chi connectivity index (χ2n) is 3.76. The van der Waals surface area contributed by atoms with Crippen LogP contribution in [0.1, 0.15) is 26.5 Å². The minimum Gasteiger partial charge on any atom is -0.489 e. The van der Waals surface area contributed by atoms with Crippen LogP contribution < -0.4 is 10.5 Å². The lowest BCUT2D eigenvalue weighted by Crippen LogP contribution is -2.10. The van der Waals surface area contributed by atoms with Gasteiger partial charge in [-0.1, -0.05) is 0 Å². The van der Waals surface area contributed by atoms with Gasteiger partial charge in [-0.3, -0.25) is 4.79 Å². The molecule has 1 aromatic carbocycles. The van der Waals surface area contributed by atoms with Crippen LogP contribution >= 0.6 is 0 Å². The second-order valence-corrected chi connectivity index (χ2v) is 3.76. The zero-order valence-corrected chi connectivity index (χ0v) is 9.83. The van der Waals surface area contributed by atoms with Crippen molar-refractivity contribution in [3.05, 3.63) is 53.5 Å². The fourth-order valence-corrected chi connectivity index (χ4v) is 1.51. The molecule has 0 aliphatic rings. The molecule has 3 N–H and O–H groups in total. The molecule has 0 bridgehead atoms. The number of rotatable bonds is 5. The van der Waals surface area contributed by atoms with Crippen LogP contribution in [0, 0.1) is 0 Å². The number of nitrogens with two attached hydrogens (primary N) is 1. The van der Waals surface area contributed by atoms with Crippen molar-refractivity contribution in [2.24, 2.45) is 5.73 Å². The molecule has 2 aromatic rings. The summed E-state index contributed by atoms with van der Waals surface area (Å²) >= 11 is 0. The van der Waals surface area contributed by atoms with Gasteiger partial charge in [-0.2, -0.15) is 0 Å². The third-order valence-electron chi connectivity index (χ3n) is 2.47. The summed E-state index contributed by atoms with van der Waals surface area (Å²) in [7, 11) is 0.